The maximum atomic E-state index is 13.6. The Morgan fingerprint density at radius 3 is 2.67 bits per heavy atom. The summed E-state index contributed by atoms with van der Waals surface area (Å²) in [6, 6.07) is 10.8. The first-order chi connectivity index (χ1) is 10.1. The van der Waals surface area contributed by atoms with Gasteiger partial charge in [-0.05, 0) is 42.4 Å². The summed E-state index contributed by atoms with van der Waals surface area (Å²) in [6.07, 6.45) is 0. The molecular weight excluding hydrogens is 312 g/mol. The first-order valence-electron chi connectivity index (χ1n) is 6.67. The van der Waals surface area contributed by atoms with Crippen LogP contribution in [0, 0.1) is 11.6 Å². The van der Waals surface area contributed by atoms with Crippen LogP contribution in [0.3, 0.4) is 0 Å². The van der Waals surface area contributed by atoms with E-state index in [0.717, 1.165) is 6.54 Å². The molecule has 0 saturated carbocycles. The highest BCUT2D eigenvalue weighted by Gasteiger charge is 2.16. The van der Waals surface area contributed by atoms with Gasteiger partial charge in [0.25, 0.3) is 0 Å². The van der Waals surface area contributed by atoms with Gasteiger partial charge in [0.1, 0.15) is 11.6 Å². The SMILES string of the molecule is CCNC(CSc1ccccc1F)c1cc(F)ccc1Cl. The fraction of sp³-hybridized carbons (Fsp3) is 0.250. The lowest BCUT2D eigenvalue weighted by atomic mass is 10.1. The first kappa shape index (κ1) is 16.3. The van der Waals surface area contributed by atoms with Gasteiger partial charge < -0.3 is 5.32 Å². The summed E-state index contributed by atoms with van der Waals surface area (Å²) in [6.45, 7) is 2.68. The van der Waals surface area contributed by atoms with E-state index < -0.39 is 0 Å². The van der Waals surface area contributed by atoms with Gasteiger partial charge in [-0.15, -0.1) is 11.8 Å². The quantitative estimate of drug-likeness (QED) is 0.744. The zero-order chi connectivity index (χ0) is 15.2. The van der Waals surface area contributed by atoms with Gasteiger partial charge in [-0.1, -0.05) is 30.7 Å². The Balaban J connectivity index is 2.16. The molecule has 0 aliphatic carbocycles. The molecule has 0 heterocycles. The monoisotopic (exact) mass is 327 g/mol. The number of halogens is 3. The number of nitrogens with one attached hydrogen (secondary N) is 1. The molecule has 2 rings (SSSR count). The van der Waals surface area contributed by atoms with Crippen molar-refractivity contribution in [2.24, 2.45) is 0 Å². The number of thioether (sulfide) groups is 1. The van der Waals surface area contributed by atoms with Crippen LogP contribution < -0.4 is 5.32 Å². The smallest absolute Gasteiger partial charge is 0.136 e. The van der Waals surface area contributed by atoms with Crippen molar-refractivity contribution in [3.05, 3.63) is 64.7 Å². The van der Waals surface area contributed by atoms with E-state index in [1.54, 1.807) is 24.3 Å². The normalized spacial score (nSPS) is 12.4. The number of benzene rings is 2. The molecule has 2 aromatic carbocycles. The van der Waals surface area contributed by atoms with E-state index >= 15 is 0 Å². The van der Waals surface area contributed by atoms with Crippen LogP contribution >= 0.6 is 23.4 Å². The van der Waals surface area contributed by atoms with E-state index in [1.165, 1.54) is 30.0 Å². The van der Waals surface area contributed by atoms with Crippen LogP contribution in [-0.2, 0) is 0 Å². The number of hydrogen-bond acceptors (Lipinski definition) is 2. The van der Waals surface area contributed by atoms with Crippen molar-refractivity contribution in [3.63, 3.8) is 0 Å². The Kier molecular flexibility index (Phi) is 6.03. The fourth-order valence-corrected chi connectivity index (χ4v) is 3.30. The largest absolute Gasteiger partial charge is 0.309 e. The Morgan fingerprint density at radius 1 is 1.19 bits per heavy atom. The third kappa shape index (κ3) is 4.43. The summed E-state index contributed by atoms with van der Waals surface area (Å²) in [4.78, 5) is 0.577. The molecule has 0 amide bonds. The second-order valence-corrected chi connectivity index (χ2v) is 5.99. The topological polar surface area (TPSA) is 12.0 Å². The van der Waals surface area contributed by atoms with Gasteiger partial charge in [0.15, 0.2) is 0 Å². The van der Waals surface area contributed by atoms with E-state index in [-0.39, 0.29) is 17.7 Å². The van der Waals surface area contributed by atoms with Gasteiger partial charge in [0.2, 0.25) is 0 Å². The lowest BCUT2D eigenvalue weighted by molar-refractivity contribution is 0.585. The molecule has 1 N–H and O–H groups in total. The molecule has 0 aromatic heterocycles. The number of hydrogen-bond donors (Lipinski definition) is 1. The predicted molar refractivity (Wildman–Crippen MR) is 85.0 cm³/mol. The minimum absolute atomic E-state index is 0.136. The summed E-state index contributed by atoms with van der Waals surface area (Å²) in [7, 11) is 0. The van der Waals surface area contributed by atoms with Crippen molar-refractivity contribution < 1.29 is 8.78 Å². The summed E-state index contributed by atoms with van der Waals surface area (Å²) < 4.78 is 27.1. The standard InChI is InChI=1S/C16H16ClF2NS/c1-2-20-15(12-9-11(18)7-8-13(12)17)10-21-16-6-4-3-5-14(16)19/h3-9,15,20H,2,10H2,1H3. The molecule has 0 fully saturated rings. The summed E-state index contributed by atoms with van der Waals surface area (Å²) >= 11 is 7.54. The van der Waals surface area contributed by atoms with Crippen LogP contribution in [0.25, 0.3) is 0 Å². The van der Waals surface area contributed by atoms with Gasteiger partial charge in [-0.3, -0.25) is 0 Å². The van der Waals surface area contributed by atoms with Crippen LogP contribution in [0.5, 0.6) is 0 Å². The van der Waals surface area contributed by atoms with Gasteiger partial charge in [0.05, 0.1) is 0 Å². The molecule has 0 aliphatic heterocycles. The summed E-state index contributed by atoms with van der Waals surface area (Å²) in [5, 5.41) is 3.77. The Labute approximate surface area is 132 Å². The van der Waals surface area contributed by atoms with Crippen molar-refractivity contribution in [1.82, 2.24) is 5.32 Å². The molecule has 1 unspecified atom stereocenters. The molecule has 1 atom stereocenters. The maximum Gasteiger partial charge on any atom is 0.136 e. The molecule has 2 aromatic rings. The molecule has 0 radical (unpaired) electrons. The third-order valence-corrected chi connectivity index (χ3v) is 4.51. The maximum absolute atomic E-state index is 13.6. The molecule has 21 heavy (non-hydrogen) atoms. The average molecular weight is 328 g/mol. The molecule has 0 aliphatic rings. The van der Waals surface area contributed by atoms with Crippen molar-refractivity contribution in [2.45, 2.75) is 17.9 Å². The zero-order valence-electron chi connectivity index (χ0n) is 11.6. The van der Waals surface area contributed by atoms with Gasteiger partial charge in [0, 0.05) is 21.7 Å². The van der Waals surface area contributed by atoms with Crippen LogP contribution in [0.1, 0.15) is 18.5 Å². The highest BCUT2D eigenvalue weighted by atomic mass is 35.5. The van der Waals surface area contributed by atoms with Gasteiger partial charge in [-0.25, -0.2) is 8.78 Å². The summed E-state index contributed by atoms with van der Waals surface area (Å²) in [5.41, 5.74) is 0.697. The van der Waals surface area contributed by atoms with E-state index in [2.05, 4.69) is 5.32 Å². The fourth-order valence-electron chi connectivity index (χ4n) is 2.02. The van der Waals surface area contributed by atoms with Gasteiger partial charge >= 0.3 is 0 Å². The molecular formula is C16H16ClF2NS. The predicted octanol–water partition coefficient (Wildman–Crippen LogP) is 5.06. The average Bonchev–Trinajstić information content (AvgIpc) is 2.48. The Hall–Kier alpha value is -1.10. The highest BCUT2D eigenvalue weighted by molar-refractivity contribution is 7.99. The lowest BCUT2D eigenvalue weighted by Gasteiger charge is -2.19. The Bertz CT molecular complexity index is 607. The van der Waals surface area contributed by atoms with Crippen LogP contribution in [0.15, 0.2) is 47.4 Å². The lowest BCUT2D eigenvalue weighted by Crippen LogP contribution is -2.23. The molecule has 112 valence electrons. The van der Waals surface area contributed by atoms with E-state index in [9.17, 15) is 8.78 Å². The molecule has 1 nitrogen and oxygen atoms in total. The third-order valence-electron chi connectivity index (χ3n) is 3.03. The van der Waals surface area contributed by atoms with E-state index in [4.69, 9.17) is 11.6 Å². The van der Waals surface area contributed by atoms with Crippen molar-refractivity contribution in [2.75, 3.05) is 12.3 Å². The second kappa shape index (κ2) is 7.78. The van der Waals surface area contributed by atoms with Crippen LogP contribution in [-0.4, -0.2) is 12.3 Å². The summed E-state index contributed by atoms with van der Waals surface area (Å²) in [5.74, 6) is -0.00548. The van der Waals surface area contributed by atoms with Crippen molar-refractivity contribution >= 4 is 23.4 Å². The minimum atomic E-state index is -0.326. The van der Waals surface area contributed by atoms with Crippen LogP contribution in [0.2, 0.25) is 5.02 Å². The van der Waals surface area contributed by atoms with E-state index in [1.807, 2.05) is 6.92 Å². The second-order valence-electron chi connectivity index (χ2n) is 4.52. The zero-order valence-corrected chi connectivity index (χ0v) is 13.1. The Morgan fingerprint density at radius 2 is 1.95 bits per heavy atom. The van der Waals surface area contributed by atoms with Gasteiger partial charge in [-0.2, -0.15) is 0 Å². The van der Waals surface area contributed by atoms with Crippen molar-refractivity contribution in [1.29, 1.82) is 0 Å². The first-order valence-corrected chi connectivity index (χ1v) is 8.03. The van der Waals surface area contributed by atoms with Crippen molar-refractivity contribution in [3.8, 4) is 0 Å². The molecule has 5 heteroatoms. The molecule has 0 bridgehead atoms. The highest BCUT2D eigenvalue weighted by Crippen LogP contribution is 2.30. The minimum Gasteiger partial charge on any atom is -0.309 e. The van der Waals surface area contributed by atoms with Crippen LogP contribution in [0.4, 0.5) is 8.78 Å². The molecule has 0 saturated heterocycles. The number of rotatable bonds is 6. The molecule has 0 spiro atoms. The van der Waals surface area contributed by atoms with E-state index in [0.29, 0.717) is 21.2 Å².